The molecule has 0 bridgehead atoms. The summed E-state index contributed by atoms with van der Waals surface area (Å²) in [5, 5.41) is -0.319. The Hall–Kier alpha value is -0.550. The SMILES string of the molecule is CCC(C)S(=O)(=O)Cc1cccc(N)c1Br. The zero-order valence-electron chi connectivity index (χ0n) is 9.40. The molecule has 0 saturated heterocycles. The van der Waals surface area contributed by atoms with Crippen LogP contribution in [0.3, 0.4) is 0 Å². The van der Waals surface area contributed by atoms with Crippen LogP contribution >= 0.6 is 15.9 Å². The van der Waals surface area contributed by atoms with E-state index in [1.807, 2.05) is 6.92 Å². The second-order valence-corrected chi connectivity index (χ2v) is 7.06. The molecule has 1 aromatic rings. The molecule has 0 saturated carbocycles. The molecule has 0 aliphatic heterocycles. The monoisotopic (exact) mass is 305 g/mol. The fourth-order valence-corrected chi connectivity index (χ4v) is 3.38. The molecule has 0 aliphatic rings. The van der Waals surface area contributed by atoms with E-state index in [0.29, 0.717) is 16.6 Å². The number of benzene rings is 1. The highest BCUT2D eigenvalue weighted by Crippen LogP contribution is 2.26. The maximum atomic E-state index is 11.9. The molecule has 0 fully saturated rings. The minimum atomic E-state index is -3.09. The third kappa shape index (κ3) is 2.98. The van der Waals surface area contributed by atoms with Crippen molar-refractivity contribution in [2.75, 3.05) is 5.73 Å². The lowest BCUT2D eigenvalue weighted by atomic mass is 10.2. The van der Waals surface area contributed by atoms with Crippen molar-refractivity contribution in [1.82, 2.24) is 0 Å². The van der Waals surface area contributed by atoms with Crippen LogP contribution in [0.25, 0.3) is 0 Å². The Morgan fingerprint density at radius 3 is 2.62 bits per heavy atom. The van der Waals surface area contributed by atoms with Crippen molar-refractivity contribution < 1.29 is 8.42 Å². The molecule has 1 unspecified atom stereocenters. The summed E-state index contributed by atoms with van der Waals surface area (Å²) in [6.45, 7) is 3.60. The number of nitrogen functional groups attached to an aromatic ring is 1. The molecule has 0 amide bonds. The summed E-state index contributed by atoms with van der Waals surface area (Å²) < 4.78 is 24.5. The predicted octanol–water partition coefficient (Wildman–Crippen LogP) is 2.74. The molecule has 5 heteroatoms. The largest absolute Gasteiger partial charge is 0.398 e. The van der Waals surface area contributed by atoms with Crippen molar-refractivity contribution in [1.29, 1.82) is 0 Å². The van der Waals surface area contributed by atoms with E-state index >= 15 is 0 Å². The molecule has 1 atom stereocenters. The number of hydrogen-bond acceptors (Lipinski definition) is 3. The van der Waals surface area contributed by atoms with Gasteiger partial charge in [0.25, 0.3) is 0 Å². The van der Waals surface area contributed by atoms with E-state index in [2.05, 4.69) is 15.9 Å². The summed E-state index contributed by atoms with van der Waals surface area (Å²) in [5.74, 6) is 0.0353. The Balaban J connectivity index is 3.02. The normalized spacial score (nSPS) is 13.7. The van der Waals surface area contributed by atoms with E-state index in [1.165, 1.54) is 0 Å². The van der Waals surface area contributed by atoms with Crippen LogP contribution in [0.4, 0.5) is 5.69 Å². The first kappa shape index (κ1) is 13.5. The van der Waals surface area contributed by atoms with Gasteiger partial charge in [-0.15, -0.1) is 0 Å². The summed E-state index contributed by atoms with van der Waals surface area (Å²) in [6.07, 6.45) is 0.627. The molecule has 0 radical (unpaired) electrons. The third-order valence-electron chi connectivity index (χ3n) is 2.65. The van der Waals surface area contributed by atoms with E-state index in [0.717, 1.165) is 5.56 Å². The quantitative estimate of drug-likeness (QED) is 0.870. The van der Waals surface area contributed by atoms with Crippen LogP contribution in [0.5, 0.6) is 0 Å². The molecule has 3 nitrogen and oxygen atoms in total. The van der Waals surface area contributed by atoms with Gasteiger partial charge in [0.05, 0.1) is 11.0 Å². The van der Waals surface area contributed by atoms with Crippen LogP contribution in [0.2, 0.25) is 0 Å². The van der Waals surface area contributed by atoms with Crippen LogP contribution in [0.15, 0.2) is 22.7 Å². The maximum absolute atomic E-state index is 11.9. The summed E-state index contributed by atoms with van der Waals surface area (Å²) in [5.41, 5.74) is 7.00. The molecule has 90 valence electrons. The molecule has 0 aromatic heterocycles. The molecular weight excluding hydrogens is 290 g/mol. The van der Waals surface area contributed by atoms with E-state index in [-0.39, 0.29) is 11.0 Å². The van der Waals surface area contributed by atoms with E-state index in [9.17, 15) is 8.42 Å². The number of rotatable bonds is 4. The second-order valence-electron chi connectivity index (χ2n) is 3.85. The fraction of sp³-hybridized carbons (Fsp3) is 0.455. The topological polar surface area (TPSA) is 60.2 Å². The van der Waals surface area contributed by atoms with Gasteiger partial charge in [-0.05, 0) is 40.9 Å². The van der Waals surface area contributed by atoms with Gasteiger partial charge in [-0.1, -0.05) is 19.1 Å². The van der Waals surface area contributed by atoms with Gasteiger partial charge in [-0.2, -0.15) is 0 Å². The molecule has 1 aromatic carbocycles. The van der Waals surface area contributed by atoms with Crippen molar-refractivity contribution >= 4 is 31.5 Å². The van der Waals surface area contributed by atoms with Crippen LogP contribution in [-0.2, 0) is 15.6 Å². The highest BCUT2D eigenvalue weighted by molar-refractivity contribution is 9.10. The number of anilines is 1. The van der Waals surface area contributed by atoms with E-state index in [4.69, 9.17) is 5.73 Å². The first-order valence-electron chi connectivity index (χ1n) is 5.13. The minimum Gasteiger partial charge on any atom is -0.398 e. The van der Waals surface area contributed by atoms with Crippen LogP contribution in [0, 0.1) is 0 Å². The van der Waals surface area contributed by atoms with Crippen molar-refractivity contribution in [2.45, 2.75) is 31.3 Å². The van der Waals surface area contributed by atoms with Crippen LogP contribution in [0.1, 0.15) is 25.8 Å². The van der Waals surface area contributed by atoms with Gasteiger partial charge in [-0.25, -0.2) is 8.42 Å². The highest BCUT2D eigenvalue weighted by atomic mass is 79.9. The van der Waals surface area contributed by atoms with Crippen molar-refractivity contribution in [3.05, 3.63) is 28.2 Å². The summed E-state index contributed by atoms with van der Waals surface area (Å²) in [7, 11) is -3.09. The van der Waals surface area contributed by atoms with Crippen molar-refractivity contribution in [3.63, 3.8) is 0 Å². The van der Waals surface area contributed by atoms with Gasteiger partial charge in [0, 0.05) is 10.2 Å². The predicted molar refractivity (Wildman–Crippen MR) is 70.9 cm³/mol. The zero-order valence-corrected chi connectivity index (χ0v) is 11.8. The standard InChI is InChI=1S/C11H16BrNO2S/c1-3-8(2)16(14,15)7-9-5-4-6-10(13)11(9)12/h4-6,8H,3,7,13H2,1-2H3. The van der Waals surface area contributed by atoms with E-state index in [1.54, 1.807) is 25.1 Å². The number of sulfone groups is 1. The van der Waals surface area contributed by atoms with Gasteiger partial charge in [0.2, 0.25) is 0 Å². The van der Waals surface area contributed by atoms with Gasteiger partial charge >= 0.3 is 0 Å². The Morgan fingerprint density at radius 2 is 2.06 bits per heavy atom. The van der Waals surface area contributed by atoms with Crippen LogP contribution in [-0.4, -0.2) is 13.7 Å². The number of hydrogen-bond donors (Lipinski definition) is 1. The van der Waals surface area contributed by atoms with Gasteiger partial charge in [0.15, 0.2) is 9.84 Å². The smallest absolute Gasteiger partial charge is 0.157 e. The Kier molecular flexibility index (Phi) is 4.38. The summed E-state index contributed by atoms with van der Waals surface area (Å²) in [4.78, 5) is 0. The van der Waals surface area contributed by atoms with Gasteiger partial charge in [-0.3, -0.25) is 0 Å². The van der Waals surface area contributed by atoms with Gasteiger partial charge in [0.1, 0.15) is 0 Å². The molecule has 0 heterocycles. The lowest BCUT2D eigenvalue weighted by molar-refractivity contribution is 0.580. The Labute approximate surface area is 105 Å². The first-order valence-corrected chi connectivity index (χ1v) is 7.63. The molecule has 2 N–H and O–H groups in total. The lowest BCUT2D eigenvalue weighted by Crippen LogP contribution is -2.19. The van der Waals surface area contributed by atoms with Gasteiger partial charge < -0.3 is 5.73 Å². The lowest BCUT2D eigenvalue weighted by Gasteiger charge is -2.12. The molecule has 1 rings (SSSR count). The van der Waals surface area contributed by atoms with Crippen LogP contribution < -0.4 is 5.73 Å². The molecular formula is C11H16BrNO2S. The molecule has 0 aliphatic carbocycles. The summed E-state index contributed by atoms with van der Waals surface area (Å²) >= 11 is 3.31. The third-order valence-corrected chi connectivity index (χ3v) is 5.89. The minimum absolute atomic E-state index is 0.0353. The van der Waals surface area contributed by atoms with Crippen molar-refractivity contribution in [2.24, 2.45) is 0 Å². The first-order chi connectivity index (χ1) is 7.38. The average Bonchev–Trinajstić information content (AvgIpc) is 2.23. The van der Waals surface area contributed by atoms with Crippen molar-refractivity contribution in [3.8, 4) is 0 Å². The number of halogens is 1. The Bertz CT molecular complexity index is 471. The fourth-order valence-electron chi connectivity index (χ4n) is 1.32. The number of nitrogens with two attached hydrogens (primary N) is 1. The Morgan fingerprint density at radius 1 is 1.44 bits per heavy atom. The summed E-state index contributed by atoms with van der Waals surface area (Å²) in [6, 6.07) is 5.28. The zero-order chi connectivity index (χ0) is 12.3. The average molecular weight is 306 g/mol. The maximum Gasteiger partial charge on any atom is 0.157 e. The molecule has 0 spiro atoms. The second kappa shape index (κ2) is 5.19. The molecule has 16 heavy (non-hydrogen) atoms. The highest BCUT2D eigenvalue weighted by Gasteiger charge is 2.20. The van der Waals surface area contributed by atoms with E-state index < -0.39 is 9.84 Å².